The zero-order chi connectivity index (χ0) is 20.4. The minimum absolute atomic E-state index is 0.223. The molecule has 2 rings (SSSR count). The topological polar surface area (TPSA) is 107 Å². The van der Waals surface area contributed by atoms with Crippen molar-refractivity contribution in [3.63, 3.8) is 0 Å². The monoisotopic (exact) mass is 402 g/mol. The van der Waals surface area contributed by atoms with Gasteiger partial charge in [0.25, 0.3) is 5.91 Å². The molecule has 0 saturated heterocycles. The summed E-state index contributed by atoms with van der Waals surface area (Å²) >= 11 is 5.20. The maximum absolute atomic E-state index is 10.8. The quantitative estimate of drug-likeness (QED) is 0.332. The lowest BCUT2D eigenvalue weighted by Crippen LogP contribution is -2.31. The van der Waals surface area contributed by atoms with Gasteiger partial charge in [-0.05, 0) is 53.7 Å². The Morgan fingerprint density at radius 2 is 1.89 bits per heavy atom. The summed E-state index contributed by atoms with van der Waals surface area (Å²) in [4.78, 5) is 10.8. The van der Waals surface area contributed by atoms with Gasteiger partial charge < -0.3 is 25.3 Å². The second-order valence-corrected chi connectivity index (χ2v) is 5.97. The van der Waals surface area contributed by atoms with Crippen LogP contribution in [-0.4, -0.2) is 38.1 Å². The van der Waals surface area contributed by atoms with E-state index in [0.29, 0.717) is 23.2 Å². The van der Waals surface area contributed by atoms with Crippen molar-refractivity contribution in [1.82, 2.24) is 10.7 Å². The smallest absolute Gasteiger partial charge is 0.255 e. The van der Waals surface area contributed by atoms with Crippen LogP contribution in [0.1, 0.15) is 11.1 Å². The minimum atomic E-state index is -0.562. The fourth-order valence-corrected chi connectivity index (χ4v) is 2.29. The number of carbonyl (C=O) groups excluding carboxylic acids is 1. The number of carbonyl (C=O) groups is 1. The maximum atomic E-state index is 10.8. The summed E-state index contributed by atoms with van der Waals surface area (Å²) in [6.07, 6.45) is 1.59. The Kier molecular flexibility index (Phi) is 8.04. The van der Waals surface area contributed by atoms with Crippen molar-refractivity contribution in [2.24, 2.45) is 10.8 Å². The van der Waals surface area contributed by atoms with Gasteiger partial charge in [-0.1, -0.05) is 12.1 Å². The Morgan fingerprint density at radius 3 is 2.54 bits per heavy atom. The number of methoxy groups -OCH3 is 2. The Bertz CT molecular complexity index is 840. The van der Waals surface area contributed by atoms with Gasteiger partial charge in [-0.15, -0.1) is 0 Å². The van der Waals surface area contributed by atoms with Gasteiger partial charge in [0.15, 0.2) is 23.2 Å². The van der Waals surface area contributed by atoms with Gasteiger partial charge in [-0.3, -0.25) is 10.2 Å². The fourth-order valence-electron chi connectivity index (χ4n) is 2.16. The van der Waals surface area contributed by atoms with Crippen molar-refractivity contribution in [1.29, 1.82) is 0 Å². The van der Waals surface area contributed by atoms with E-state index >= 15 is 0 Å². The average Bonchev–Trinajstić information content (AvgIpc) is 2.71. The lowest BCUT2D eigenvalue weighted by molar-refractivity contribution is -0.119. The lowest BCUT2D eigenvalue weighted by Gasteiger charge is -2.10. The number of primary amides is 1. The van der Waals surface area contributed by atoms with Gasteiger partial charge >= 0.3 is 0 Å². The number of rotatable bonds is 9. The van der Waals surface area contributed by atoms with Gasteiger partial charge in [0.2, 0.25) is 0 Å². The zero-order valence-corrected chi connectivity index (χ0v) is 16.4. The van der Waals surface area contributed by atoms with Crippen LogP contribution in [0.15, 0.2) is 47.6 Å². The third kappa shape index (κ3) is 6.76. The number of nitrogens with two attached hydrogens (primary N) is 1. The SMILES string of the molecule is COc1ccc(CNC(=S)N/N=C\c2ccc(OCC(N)=O)c(OC)c2)cc1. The van der Waals surface area contributed by atoms with E-state index in [2.05, 4.69) is 15.8 Å². The Morgan fingerprint density at radius 1 is 1.14 bits per heavy atom. The summed E-state index contributed by atoms with van der Waals surface area (Å²) < 4.78 is 15.6. The van der Waals surface area contributed by atoms with E-state index in [1.165, 1.54) is 7.11 Å². The molecule has 0 radical (unpaired) electrons. The van der Waals surface area contributed by atoms with E-state index in [0.717, 1.165) is 16.9 Å². The third-order valence-electron chi connectivity index (χ3n) is 3.55. The highest BCUT2D eigenvalue weighted by Crippen LogP contribution is 2.27. The van der Waals surface area contributed by atoms with Crippen molar-refractivity contribution >= 4 is 29.5 Å². The number of hydrazone groups is 1. The van der Waals surface area contributed by atoms with Gasteiger partial charge in [0.1, 0.15) is 5.75 Å². The Labute approximate surface area is 168 Å². The first kappa shape index (κ1) is 21.0. The molecule has 0 bridgehead atoms. The highest BCUT2D eigenvalue weighted by molar-refractivity contribution is 7.80. The van der Waals surface area contributed by atoms with Crippen LogP contribution in [0.2, 0.25) is 0 Å². The van der Waals surface area contributed by atoms with Gasteiger partial charge in [-0.2, -0.15) is 5.10 Å². The van der Waals surface area contributed by atoms with Crippen LogP contribution in [0.4, 0.5) is 0 Å². The summed E-state index contributed by atoms with van der Waals surface area (Å²) in [7, 11) is 3.13. The number of hydrogen-bond acceptors (Lipinski definition) is 6. The summed E-state index contributed by atoms with van der Waals surface area (Å²) in [6, 6.07) is 12.8. The van der Waals surface area contributed by atoms with Crippen molar-refractivity contribution in [2.45, 2.75) is 6.54 Å². The molecule has 4 N–H and O–H groups in total. The third-order valence-corrected chi connectivity index (χ3v) is 3.79. The molecular weight excluding hydrogens is 380 g/mol. The molecule has 8 nitrogen and oxygen atoms in total. The molecule has 0 aliphatic carbocycles. The number of thiocarbonyl (C=S) groups is 1. The molecule has 0 spiro atoms. The first-order chi connectivity index (χ1) is 13.5. The van der Waals surface area contributed by atoms with Crippen molar-refractivity contribution < 1.29 is 19.0 Å². The first-order valence-electron chi connectivity index (χ1n) is 8.31. The molecule has 0 aromatic heterocycles. The number of nitrogens with zero attached hydrogens (tertiary/aromatic N) is 1. The summed E-state index contributed by atoms with van der Waals surface area (Å²) in [5.74, 6) is 1.12. The predicted molar refractivity (Wildman–Crippen MR) is 111 cm³/mol. The van der Waals surface area contributed by atoms with Gasteiger partial charge in [-0.25, -0.2) is 0 Å². The number of hydrogen-bond donors (Lipinski definition) is 3. The Hall–Kier alpha value is -3.33. The number of amides is 1. The molecule has 0 saturated carbocycles. The molecule has 0 heterocycles. The lowest BCUT2D eigenvalue weighted by atomic mass is 10.2. The number of nitrogens with one attached hydrogen (secondary N) is 2. The summed E-state index contributed by atoms with van der Waals surface area (Å²) in [5, 5.41) is 7.54. The van der Waals surface area contributed by atoms with E-state index in [1.54, 1.807) is 31.5 Å². The summed E-state index contributed by atoms with van der Waals surface area (Å²) in [6.45, 7) is 0.338. The summed E-state index contributed by atoms with van der Waals surface area (Å²) in [5.41, 5.74) is 9.64. The second-order valence-electron chi connectivity index (χ2n) is 5.57. The zero-order valence-electron chi connectivity index (χ0n) is 15.6. The molecule has 9 heteroatoms. The van der Waals surface area contributed by atoms with Crippen LogP contribution in [0.3, 0.4) is 0 Å². The van der Waals surface area contributed by atoms with E-state index in [4.69, 9.17) is 32.2 Å². The highest BCUT2D eigenvalue weighted by atomic mass is 32.1. The van der Waals surface area contributed by atoms with E-state index in [-0.39, 0.29) is 6.61 Å². The van der Waals surface area contributed by atoms with Crippen LogP contribution < -0.4 is 30.7 Å². The molecule has 28 heavy (non-hydrogen) atoms. The molecule has 2 aromatic carbocycles. The van der Waals surface area contributed by atoms with Crippen LogP contribution in [0.25, 0.3) is 0 Å². The predicted octanol–water partition coefficient (Wildman–Crippen LogP) is 1.57. The van der Waals surface area contributed by atoms with Gasteiger partial charge in [0, 0.05) is 6.54 Å². The molecule has 148 valence electrons. The standard InChI is InChI=1S/C19H22N4O4S/c1-25-15-6-3-13(4-7-15)10-21-19(28)23-22-11-14-5-8-16(17(9-14)26-2)27-12-18(20)24/h3-9,11H,10,12H2,1-2H3,(H2,20,24)(H2,21,23,28)/b22-11-. The van der Waals surface area contributed by atoms with Crippen molar-refractivity contribution in [3.05, 3.63) is 53.6 Å². The minimum Gasteiger partial charge on any atom is -0.497 e. The molecular formula is C19H22N4O4S. The second kappa shape index (κ2) is 10.7. The largest absolute Gasteiger partial charge is 0.497 e. The van der Waals surface area contributed by atoms with E-state index in [9.17, 15) is 4.79 Å². The average molecular weight is 402 g/mol. The fraction of sp³-hybridized carbons (Fsp3) is 0.211. The number of benzene rings is 2. The van der Waals surface area contributed by atoms with Crippen LogP contribution in [0, 0.1) is 0 Å². The molecule has 0 fully saturated rings. The maximum Gasteiger partial charge on any atom is 0.255 e. The van der Waals surface area contributed by atoms with Crippen LogP contribution in [0.5, 0.6) is 17.2 Å². The Balaban J connectivity index is 1.85. The first-order valence-corrected chi connectivity index (χ1v) is 8.71. The van der Waals surface area contributed by atoms with E-state index in [1.807, 2.05) is 24.3 Å². The molecule has 1 amide bonds. The molecule has 0 atom stereocenters. The highest BCUT2D eigenvalue weighted by Gasteiger charge is 2.06. The normalized spacial score (nSPS) is 10.4. The van der Waals surface area contributed by atoms with Crippen molar-refractivity contribution in [2.75, 3.05) is 20.8 Å². The molecule has 0 aliphatic heterocycles. The van der Waals surface area contributed by atoms with Gasteiger partial charge in [0.05, 0.1) is 20.4 Å². The van der Waals surface area contributed by atoms with Crippen molar-refractivity contribution in [3.8, 4) is 17.2 Å². The molecule has 0 unspecified atom stereocenters. The molecule has 0 aliphatic rings. The van der Waals surface area contributed by atoms with E-state index < -0.39 is 5.91 Å². The number of ether oxygens (including phenoxy) is 3. The van der Waals surface area contributed by atoms with Crippen LogP contribution in [-0.2, 0) is 11.3 Å². The molecule has 2 aromatic rings. The van der Waals surface area contributed by atoms with Crippen LogP contribution >= 0.6 is 12.2 Å².